The summed E-state index contributed by atoms with van der Waals surface area (Å²) in [6.07, 6.45) is 1.02. The fourth-order valence-electron chi connectivity index (χ4n) is 2.30. The highest BCUT2D eigenvalue weighted by Gasteiger charge is 2.11. The summed E-state index contributed by atoms with van der Waals surface area (Å²) in [5.74, 6) is 0.858. The van der Waals surface area contributed by atoms with Gasteiger partial charge in [0.05, 0.1) is 0 Å². The zero-order chi connectivity index (χ0) is 16.8. The van der Waals surface area contributed by atoms with Crippen LogP contribution >= 0.6 is 11.6 Å². The Morgan fingerprint density at radius 3 is 2.70 bits per heavy atom. The van der Waals surface area contributed by atoms with Crippen LogP contribution in [0.4, 0.5) is 5.69 Å². The van der Waals surface area contributed by atoms with E-state index < -0.39 is 0 Å². The molecule has 1 amide bonds. The van der Waals surface area contributed by atoms with E-state index in [1.54, 1.807) is 12.1 Å². The molecule has 0 aromatic heterocycles. The van der Waals surface area contributed by atoms with Gasteiger partial charge in [-0.15, -0.1) is 0 Å². The number of carbonyl (C=O) groups excluding carboxylic acids is 1. The molecule has 1 atom stereocenters. The summed E-state index contributed by atoms with van der Waals surface area (Å²) in [4.78, 5) is 12.1. The highest BCUT2D eigenvalue weighted by atomic mass is 35.5. The molecule has 122 valence electrons. The zero-order valence-corrected chi connectivity index (χ0v) is 14.5. The number of halogens is 1. The molecular formula is C19H22ClNO2. The number of nitrogens with one attached hydrogen (secondary N) is 1. The monoisotopic (exact) mass is 331 g/mol. The number of hydrogen-bond acceptors (Lipinski definition) is 2. The van der Waals surface area contributed by atoms with Crippen LogP contribution in [0, 0.1) is 6.92 Å². The topological polar surface area (TPSA) is 38.3 Å². The maximum absolute atomic E-state index is 12.1. The van der Waals surface area contributed by atoms with Crippen LogP contribution in [0.1, 0.15) is 37.3 Å². The van der Waals surface area contributed by atoms with Gasteiger partial charge in [0.25, 0.3) is 5.91 Å². The third-order valence-electron chi connectivity index (χ3n) is 3.88. The summed E-state index contributed by atoms with van der Waals surface area (Å²) >= 11 is 5.98. The number of ether oxygens (including phenoxy) is 1. The van der Waals surface area contributed by atoms with Crippen LogP contribution < -0.4 is 10.1 Å². The Kier molecular flexibility index (Phi) is 6.05. The Morgan fingerprint density at radius 2 is 2.00 bits per heavy atom. The van der Waals surface area contributed by atoms with Crippen LogP contribution in [-0.4, -0.2) is 12.5 Å². The minimum atomic E-state index is -0.173. The van der Waals surface area contributed by atoms with Crippen molar-refractivity contribution in [2.45, 2.75) is 33.1 Å². The van der Waals surface area contributed by atoms with Crippen molar-refractivity contribution in [2.24, 2.45) is 0 Å². The van der Waals surface area contributed by atoms with Gasteiger partial charge in [-0.3, -0.25) is 4.79 Å². The number of benzene rings is 2. The van der Waals surface area contributed by atoms with E-state index in [0.717, 1.165) is 23.2 Å². The van der Waals surface area contributed by atoms with Crippen LogP contribution in [0.5, 0.6) is 5.75 Å². The standard InChI is InChI=1S/C19H22ClNO2/c1-4-13(2)16-7-5-6-8-18(16)21-19(22)12-23-15-9-10-17(20)14(3)11-15/h5-11,13H,4,12H2,1-3H3,(H,21,22)/t13-/m1/s1. The number of hydrogen-bond donors (Lipinski definition) is 1. The summed E-state index contributed by atoms with van der Waals surface area (Å²) in [6.45, 7) is 6.15. The van der Waals surface area contributed by atoms with E-state index in [9.17, 15) is 4.79 Å². The summed E-state index contributed by atoms with van der Waals surface area (Å²) in [6, 6.07) is 13.2. The summed E-state index contributed by atoms with van der Waals surface area (Å²) in [5.41, 5.74) is 2.92. The second-order valence-corrected chi connectivity index (χ2v) is 6.05. The number of anilines is 1. The molecule has 0 spiro atoms. The van der Waals surface area contributed by atoms with Gasteiger partial charge in [0, 0.05) is 10.7 Å². The third kappa shape index (κ3) is 4.73. The second-order valence-electron chi connectivity index (χ2n) is 5.64. The Hall–Kier alpha value is -2.00. The molecule has 0 bridgehead atoms. The lowest BCUT2D eigenvalue weighted by Gasteiger charge is -2.16. The third-order valence-corrected chi connectivity index (χ3v) is 4.30. The van der Waals surface area contributed by atoms with Crippen LogP contribution in [0.15, 0.2) is 42.5 Å². The summed E-state index contributed by atoms with van der Waals surface area (Å²) in [5, 5.41) is 3.62. The minimum absolute atomic E-state index is 0.0318. The van der Waals surface area contributed by atoms with Crippen molar-refractivity contribution in [1.82, 2.24) is 0 Å². The predicted molar refractivity (Wildman–Crippen MR) is 95.5 cm³/mol. The Bertz CT molecular complexity index is 685. The molecule has 4 heteroatoms. The molecule has 3 nitrogen and oxygen atoms in total. The molecule has 0 saturated carbocycles. The fraction of sp³-hybridized carbons (Fsp3) is 0.316. The first-order valence-electron chi connectivity index (χ1n) is 7.79. The van der Waals surface area contributed by atoms with Gasteiger partial charge in [0.1, 0.15) is 5.75 Å². The number of aryl methyl sites for hydroxylation is 1. The minimum Gasteiger partial charge on any atom is -0.484 e. The number of para-hydroxylation sites is 1. The molecule has 2 aromatic carbocycles. The summed E-state index contributed by atoms with van der Waals surface area (Å²) < 4.78 is 5.53. The lowest BCUT2D eigenvalue weighted by Crippen LogP contribution is -2.21. The first-order valence-corrected chi connectivity index (χ1v) is 8.16. The smallest absolute Gasteiger partial charge is 0.262 e. The van der Waals surface area contributed by atoms with Gasteiger partial charge in [0.15, 0.2) is 6.61 Å². The maximum atomic E-state index is 12.1. The number of amides is 1. The molecule has 0 heterocycles. The van der Waals surface area contributed by atoms with Gasteiger partial charge < -0.3 is 10.1 Å². The van der Waals surface area contributed by atoms with Crippen molar-refractivity contribution in [2.75, 3.05) is 11.9 Å². The quantitative estimate of drug-likeness (QED) is 0.792. The van der Waals surface area contributed by atoms with Crippen molar-refractivity contribution in [1.29, 1.82) is 0 Å². The van der Waals surface area contributed by atoms with Crippen molar-refractivity contribution in [3.05, 3.63) is 58.6 Å². The first kappa shape index (κ1) is 17.4. The molecule has 1 N–H and O–H groups in total. The second kappa shape index (κ2) is 8.02. The molecule has 0 unspecified atom stereocenters. The van der Waals surface area contributed by atoms with Gasteiger partial charge in [0.2, 0.25) is 0 Å². The van der Waals surface area contributed by atoms with E-state index in [0.29, 0.717) is 16.7 Å². The molecule has 0 fully saturated rings. The van der Waals surface area contributed by atoms with Crippen molar-refractivity contribution >= 4 is 23.2 Å². The highest BCUT2D eigenvalue weighted by molar-refractivity contribution is 6.31. The van der Waals surface area contributed by atoms with E-state index >= 15 is 0 Å². The van der Waals surface area contributed by atoms with Gasteiger partial charge >= 0.3 is 0 Å². The fourth-order valence-corrected chi connectivity index (χ4v) is 2.42. The van der Waals surface area contributed by atoms with Gasteiger partial charge in [-0.25, -0.2) is 0 Å². The molecule has 2 rings (SSSR count). The van der Waals surface area contributed by atoms with E-state index in [4.69, 9.17) is 16.3 Å². The maximum Gasteiger partial charge on any atom is 0.262 e. The van der Waals surface area contributed by atoms with Crippen LogP contribution in [0.3, 0.4) is 0 Å². The predicted octanol–water partition coefficient (Wildman–Crippen LogP) is 5.18. The average Bonchev–Trinajstić information content (AvgIpc) is 2.55. The van der Waals surface area contributed by atoms with E-state index in [-0.39, 0.29) is 12.5 Å². The number of rotatable bonds is 6. The molecule has 0 saturated heterocycles. The molecule has 0 aliphatic carbocycles. The van der Waals surface area contributed by atoms with E-state index in [1.807, 2.05) is 37.3 Å². The Labute approximate surface area is 142 Å². The lowest BCUT2D eigenvalue weighted by atomic mass is 9.97. The summed E-state index contributed by atoms with van der Waals surface area (Å²) in [7, 11) is 0. The highest BCUT2D eigenvalue weighted by Crippen LogP contribution is 2.26. The van der Waals surface area contributed by atoms with Crippen LogP contribution in [0.25, 0.3) is 0 Å². The van der Waals surface area contributed by atoms with E-state index in [2.05, 4.69) is 19.2 Å². The van der Waals surface area contributed by atoms with Gasteiger partial charge in [-0.05, 0) is 54.7 Å². The van der Waals surface area contributed by atoms with Crippen molar-refractivity contribution < 1.29 is 9.53 Å². The Balaban J connectivity index is 1.98. The molecule has 2 aromatic rings. The largest absolute Gasteiger partial charge is 0.484 e. The molecule has 0 aliphatic heterocycles. The van der Waals surface area contributed by atoms with E-state index in [1.165, 1.54) is 0 Å². The first-order chi connectivity index (χ1) is 11.0. The molecule has 0 aliphatic rings. The lowest BCUT2D eigenvalue weighted by molar-refractivity contribution is -0.118. The van der Waals surface area contributed by atoms with Crippen molar-refractivity contribution in [3.63, 3.8) is 0 Å². The number of carbonyl (C=O) groups is 1. The van der Waals surface area contributed by atoms with Crippen molar-refractivity contribution in [3.8, 4) is 5.75 Å². The van der Waals surface area contributed by atoms with Gasteiger partial charge in [-0.1, -0.05) is 43.6 Å². The average molecular weight is 332 g/mol. The van der Waals surface area contributed by atoms with Crippen LogP contribution in [-0.2, 0) is 4.79 Å². The van der Waals surface area contributed by atoms with Crippen LogP contribution in [0.2, 0.25) is 5.02 Å². The molecule has 23 heavy (non-hydrogen) atoms. The molecule has 0 radical (unpaired) electrons. The SMILES string of the molecule is CC[C@@H](C)c1ccccc1NC(=O)COc1ccc(Cl)c(C)c1. The zero-order valence-electron chi connectivity index (χ0n) is 13.7. The Morgan fingerprint density at radius 1 is 1.26 bits per heavy atom. The molecular weight excluding hydrogens is 310 g/mol. The normalized spacial score (nSPS) is 11.8. The van der Waals surface area contributed by atoms with Gasteiger partial charge in [-0.2, -0.15) is 0 Å².